The minimum Gasteiger partial charge on any atom is -0.490 e. The van der Waals surface area contributed by atoms with Gasteiger partial charge in [-0.15, -0.1) is 0 Å². The van der Waals surface area contributed by atoms with E-state index in [0.717, 1.165) is 54.9 Å². The van der Waals surface area contributed by atoms with Crippen LogP contribution in [0.15, 0.2) is 54.1 Å². The van der Waals surface area contributed by atoms with Crippen molar-refractivity contribution in [3.8, 4) is 23.0 Å². The lowest BCUT2D eigenvalue weighted by molar-refractivity contribution is -0.123. The van der Waals surface area contributed by atoms with Crippen LogP contribution in [-0.2, 0) is 16.2 Å². The molecular weight excluding hydrogens is 837 g/mol. The molecule has 1 fully saturated rings. The highest BCUT2D eigenvalue weighted by atomic mass is 16.5. The van der Waals surface area contributed by atoms with Crippen molar-refractivity contribution in [3.63, 3.8) is 0 Å². The number of rotatable bonds is 40. The topological polar surface area (TPSA) is 112 Å². The van der Waals surface area contributed by atoms with E-state index in [4.69, 9.17) is 18.9 Å². The van der Waals surface area contributed by atoms with E-state index < -0.39 is 17.8 Å². The third-order valence-corrected chi connectivity index (χ3v) is 12.9. The molecule has 0 atom stereocenters. The fraction of sp³-hybridized carbons (Fsp3) is 0.638. The highest BCUT2D eigenvalue weighted by Crippen LogP contribution is 2.40. The molecule has 0 unspecified atom stereocenters. The number of imide groups is 2. The number of amides is 4. The summed E-state index contributed by atoms with van der Waals surface area (Å²) in [6.07, 6.45) is 39.5. The number of benzene rings is 3. The van der Waals surface area contributed by atoms with E-state index in [1.807, 2.05) is 36.4 Å². The number of urea groups is 1. The third kappa shape index (κ3) is 22.0. The van der Waals surface area contributed by atoms with Gasteiger partial charge in [0.25, 0.3) is 11.8 Å². The van der Waals surface area contributed by atoms with E-state index in [1.165, 1.54) is 160 Å². The standard InChI is InChI=1S/C58H88N2O7/c1-4-7-10-13-16-19-22-25-28-33-40-64-53-43-47(46-67-52-39-38-48(49-36-31-32-37-50(49)52)45-51-56(61)59-58(63)60-57(51)62)44-54(65-41-34-29-26-23-20-17-14-11-8-5-2)55(53)66-42-35-30-27-24-21-18-15-12-9-6-3/h31-32,36-39,43-45H,4-30,33-35,40-42,46H2,1-3H3,(H2,59,60,61,62,63). The van der Waals surface area contributed by atoms with Crippen molar-refractivity contribution in [1.29, 1.82) is 0 Å². The van der Waals surface area contributed by atoms with Crippen molar-refractivity contribution >= 4 is 34.7 Å². The molecule has 0 bridgehead atoms. The average Bonchev–Trinajstić information content (AvgIpc) is 3.32. The summed E-state index contributed by atoms with van der Waals surface area (Å²) in [4.78, 5) is 36.8. The summed E-state index contributed by atoms with van der Waals surface area (Å²) in [6.45, 7) is 8.91. The number of carbonyl (C=O) groups excluding carboxylic acids is 3. The normalized spacial score (nSPS) is 12.6. The molecule has 3 aromatic carbocycles. The number of ether oxygens (including phenoxy) is 4. The second-order valence-corrected chi connectivity index (χ2v) is 18.8. The van der Waals surface area contributed by atoms with Crippen LogP contribution in [0.25, 0.3) is 16.8 Å². The molecule has 1 heterocycles. The molecule has 3 aromatic rings. The summed E-state index contributed by atoms with van der Waals surface area (Å²) in [5.74, 6) is 1.30. The Balaban J connectivity index is 1.48. The Labute approximate surface area is 405 Å². The number of fused-ring (bicyclic) bond motifs is 1. The van der Waals surface area contributed by atoms with Crippen molar-refractivity contribution in [2.24, 2.45) is 0 Å². The molecule has 0 aliphatic carbocycles. The fourth-order valence-electron chi connectivity index (χ4n) is 8.85. The van der Waals surface area contributed by atoms with Crippen LogP contribution in [0.2, 0.25) is 0 Å². The molecule has 4 amide bonds. The zero-order chi connectivity index (χ0) is 47.6. The number of hydrogen-bond acceptors (Lipinski definition) is 7. The van der Waals surface area contributed by atoms with Gasteiger partial charge in [0.1, 0.15) is 17.9 Å². The van der Waals surface area contributed by atoms with E-state index in [2.05, 4.69) is 43.5 Å². The number of carbonyl (C=O) groups is 3. The molecule has 67 heavy (non-hydrogen) atoms. The van der Waals surface area contributed by atoms with Gasteiger partial charge in [-0.05, 0) is 60.1 Å². The lowest BCUT2D eigenvalue weighted by atomic mass is 10.0. The minimum absolute atomic E-state index is 0.135. The summed E-state index contributed by atoms with van der Waals surface area (Å²) in [6, 6.07) is 14.7. The van der Waals surface area contributed by atoms with Crippen LogP contribution in [0.3, 0.4) is 0 Å². The van der Waals surface area contributed by atoms with Gasteiger partial charge in [-0.25, -0.2) is 4.79 Å². The molecule has 0 radical (unpaired) electrons. The molecule has 1 aliphatic rings. The smallest absolute Gasteiger partial charge is 0.328 e. The van der Waals surface area contributed by atoms with E-state index >= 15 is 0 Å². The largest absolute Gasteiger partial charge is 0.490 e. The van der Waals surface area contributed by atoms with E-state index in [-0.39, 0.29) is 12.2 Å². The minimum atomic E-state index is -0.825. The van der Waals surface area contributed by atoms with Crippen LogP contribution in [0.1, 0.15) is 225 Å². The number of nitrogens with one attached hydrogen (secondary N) is 2. The quantitative estimate of drug-likeness (QED) is 0.0332. The van der Waals surface area contributed by atoms with Crippen LogP contribution < -0.4 is 29.6 Å². The Morgan fingerprint density at radius 3 is 1.24 bits per heavy atom. The van der Waals surface area contributed by atoms with Crippen LogP contribution >= 0.6 is 0 Å². The highest BCUT2D eigenvalue weighted by Gasteiger charge is 2.28. The number of barbiturate groups is 1. The van der Waals surface area contributed by atoms with E-state index in [9.17, 15) is 14.4 Å². The van der Waals surface area contributed by atoms with Gasteiger partial charge in [0.2, 0.25) is 5.75 Å². The van der Waals surface area contributed by atoms with Crippen LogP contribution in [0.4, 0.5) is 4.79 Å². The zero-order valence-electron chi connectivity index (χ0n) is 42.1. The van der Waals surface area contributed by atoms with Gasteiger partial charge >= 0.3 is 6.03 Å². The van der Waals surface area contributed by atoms with Crippen LogP contribution in [-0.4, -0.2) is 37.7 Å². The predicted molar refractivity (Wildman–Crippen MR) is 276 cm³/mol. The van der Waals surface area contributed by atoms with Gasteiger partial charge in [0.05, 0.1) is 19.8 Å². The van der Waals surface area contributed by atoms with Crippen molar-refractivity contribution in [1.82, 2.24) is 10.6 Å². The van der Waals surface area contributed by atoms with Gasteiger partial charge in [0, 0.05) is 5.39 Å². The molecule has 9 heteroatoms. The summed E-state index contributed by atoms with van der Waals surface area (Å²) in [7, 11) is 0. The maximum atomic E-state index is 12.5. The van der Waals surface area contributed by atoms with Crippen LogP contribution in [0.5, 0.6) is 23.0 Å². The third-order valence-electron chi connectivity index (χ3n) is 12.9. The molecular formula is C58H88N2O7. The maximum Gasteiger partial charge on any atom is 0.328 e. The Morgan fingerprint density at radius 2 is 0.806 bits per heavy atom. The lowest BCUT2D eigenvalue weighted by Crippen LogP contribution is -2.51. The first-order valence-electron chi connectivity index (χ1n) is 27.0. The second kappa shape index (κ2) is 34.7. The molecule has 0 spiro atoms. The molecule has 4 rings (SSSR count). The molecule has 0 aromatic heterocycles. The number of hydrogen-bond donors (Lipinski definition) is 2. The Bertz CT molecular complexity index is 1820. The molecule has 1 saturated heterocycles. The molecule has 0 saturated carbocycles. The van der Waals surface area contributed by atoms with Gasteiger partial charge in [0.15, 0.2) is 11.5 Å². The highest BCUT2D eigenvalue weighted by molar-refractivity contribution is 6.31. The van der Waals surface area contributed by atoms with Gasteiger partial charge in [-0.3, -0.25) is 20.2 Å². The van der Waals surface area contributed by atoms with E-state index in [1.54, 1.807) is 0 Å². The molecule has 372 valence electrons. The van der Waals surface area contributed by atoms with E-state index in [0.29, 0.717) is 48.4 Å². The Kier molecular flexibility index (Phi) is 28.5. The number of unbranched alkanes of at least 4 members (excludes halogenated alkanes) is 27. The molecule has 1 aliphatic heterocycles. The first kappa shape index (κ1) is 55.1. The van der Waals surface area contributed by atoms with Gasteiger partial charge < -0.3 is 18.9 Å². The summed E-state index contributed by atoms with van der Waals surface area (Å²) >= 11 is 0. The van der Waals surface area contributed by atoms with Crippen molar-refractivity contribution in [2.75, 3.05) is 19.8 Å². The Morgan fingerprint density at radius 1 is 0.418 bits per heavy atom. The summed E-state index contributed by atoms with van der Waals surface area (Å²) in [5.41, 5.74) is 1.44. The zero-order valence-corrected chi connectivity index (χ0v) is 42.1. The van der Waals surface area contributed by atoms with Crippen molar-refractivity contribution in [3.05, 3.63) is 65.2 Å². The SMILES string of the molecule is CCCCCCCCCCCCOc1cc(COc2ccc(C=C3C(=O)NC(=O)NC3=O)c3ccccc23)cc(OCCCCCCCCCCCC)c1OCCCCCCCCCCCC. The molecule has 9 nitrogen and oxygen atoms in total. The van der Waals surface area contributed by atoms with Crippen LogP contribution in [0, 0.1) is 0 Å². The molecule has 2 N–H and O–H groups in total. The lowest BCUT2D eigenvalue weighted by Gasteiger charge is -2.19. The van der Waals surface area contributed by atoms with Crippen molar-refractivity contribution < 1.29 is 33.3 Å². The van der Waals surface area contributed by atoms with Gasteiger partial charge in [-0.1, -0.05) is 224 Å². The summed E-state index contributed by atoms with van der Waals surface area (Å²) < 4.78 is 26.5. The fourth-order valence-corrected chi connectivity index (χ4v) is 8.85. The Hall–Kier alpha value is -4.53. The van der Waals surface area contributed by atoms with Gasteiger partial charge in [-0.2, -0.15) is 0 Å². The predicted octanol–water partition coefficient (Wildman–Crippen LogP) is 16.1. The maximum absolute atomic E-state index is 12.5. The summed E-state index contributed by atoms with van der Waals surface area (Å²) in [5, 5.41) is 5.95. The first-order valence-corrected chi connectivity index (χ1v) is 27.0. The second-order valence-electron chi connectivity index (χ2n) is 18.8. The van der Waals surface area contributed by atoms with Crippen molar-refractivity contribution in [2.45, 2.75) is 220 Å². The monoisotopic (exact) mass is 925 g/mol. The average molecular weight is 925 g/mol. The first-order chi connectivity index (χ1) is 32.9.